The monoisotopic (exact) mass is 784 g/mol. The molecule has 1 N–H and O–H groups in total. The minimum absolute atomic E-state index is 0. The number of rotatable bonds is 9. The number of aliphatic hydroxyl groups excluding tert-OH is 1. The number of hydrogen-bond acceptors (Lipinski definition) is 3. The van der Waals surface area contributed by atoms with Crippen molar-refractivity contribution in [3.8, 4) is 0 Å². The largest absolute Gasteiger partial charge is 0 e. The van der Waals surface area contributed by atoms with Gasteiger partial charge in [0.25, 0.3) is 0 Å². The third-order valence-electron chi connectivity index (χ3n) is 14.3. The standard InChI is InChI=1S/C39H72O3Si2.3CO.Fe/c1-26(2)16-21-33(41-43(12,13)36(4,5)6)27(3)31-19-20-32-30-18-17-28-24-29(40)22-23-38(28,10)35(30)34(25-39(31,32)11)42-44(14,15)37(7,8)9;3*1-2;/h17-18,26-27,29,31-35,40H,16,19-25H2,1-15H3;;;;/t27-,29-,31+,32-,33+,34+,35+,38-,39+;;;;/m0..../s1. The molecule has 3 saturated carbocycles. The Hall–Kier alpha value is -0.467. The molecule has 0 aromatic carbocycles. The first-order valence-electron chi connectivity index (χ1n) is 19.0. The van der Waals surface area contributed by atoms with Crippen LogP contribution in [0.15, 0.2) is 23.3 Å². The van der Waals surface area contributed by atoms with E-state index in [4.69, 9.17) is 22.8 Å². The summed E-state index contributed by atoms with van der Waals surface area (Å²) in [4.78, 5) is 0. The van der Waals surface area contributed by atoms with Gasteiger partial charge < -0.3 is 14.0 Å². The van der Waals surface area contributed by atoms with E-state index < -0.39 is 16.6 Å². The third kappa shape index (κ3) is 10.9. The summed E-state index contributed by atoms with van der Waals surface area (Å²) >= 11 is 0. The van der Waals surface area contributed by atoms with E-state index in [0.717, 1.165) is 25.7 Å². The Morgan fingerprint density at radius 3 is 1.86 bits per heavy atom. The molecule has 0 amide bonds. The van der Waals surface area contributed by atoms with Gasteiger partial charge in [0.2, 0.25) is 0 Å². The third-order valence-corrected chi connectivity index (χ3v) is 23.3. The SMILES string of the molecule is CC(C)CC[C@@H](O[Si](C)(C)C(C)(C)C)[C@@H](C)[C@H]1CC[C@H]2C3=CC=C4C[C@@H](O)CC[C@]4(C)[C@H]3[C@H](O[Si](C)(C)C(C)(C)C)C[C@]12C.[C-]#[O+].[C-]#[O+].[C-]#[O+].[Fe]. The Morgan fingerprint density at radius 1 is 0.843 bits per heavy atom. The van der Waals surface area contributed by atoms with Gasteiger partial charge in [0, 0.05) is 29.1 Å². The molecule has 0 aliphatic heterocycles. The summed E-state index contributed by atoms with van der Waals surface area (Å²) in [5.74, 6) is 2.89. The summed E-state index contributed by atoms with van der Waals surface area (Å²) in [6, 6.07) is 0. The molecule has 9 heteroatoms. The molecule has 0 aromatic heterocycles. The van der Waals surface area contributed by atoms with E-state index in [1.165, 1.54) is 31.3 Å². The predicted molar refractivity (Wildman–Crippen MR) is 206 cm³/mol. The maximum atomic E-state index is 10.7. The smallest absolute Gasteiger partial charge is 0 e. The molecule has 0 unspecified atom stereocenters. The predicted octanol–water partition coefficient (Wildman–Crippen LogP) is 11.2. The van der Waals surface area contributed by atoms with Crippen molar-refractivity contribution in [2.24, 2.45) is 40.4 Å². The molecule has 3 fully saturated rings. The van der Waals surface area contributed by atoms with Gasteiger partial charge in [0.1, 0.15) is 0 Å². The second-order valence-electron chi connectivity index (χ2n) is 19.8. The van der Waals surface area contributed by atoms with Crippen molar-refractivity contribution < 1.29 is 45.0 Å². The van der Waals surface area contributed by atoms with Gasteiger partial charge in [-0.15, -0.1) is 0 Å². The van der Waals surface area contributed by atoms with Crippen molar-refractivity contribution in [1.82, 2.24) is 0 Å². The zero-order valence-corrected chi connectivity index (χ0v) is 37.9. The molecule has 0 radical (unpaired) electrons. The molecular formula is C42H72FeO6Si2. The Bertz CT molecular complexity index is 1220. The molecule has 4 aliphatic carbocycles. The van der Waals surface area contributed by atoms with Crippen LogP contribution in [0.3, 0.4) is 0 Å². The van der Waals surface area contributed by atoms with Crippen molar-refractivity contribution in [1.29, 1.82) is 0 Å². The van der Waals surface area contributed by atoms with E-state index in [1.807, 2.05) is 0 Å². The number of hydrogen-bond donors (Lipinski definition) is 1. The normalized spacial score (nSPS) is 31.4. The number of allylic oxidation sites excluding steroid dienone is 2. The van der Waals surface area contributed by atoms with E-state index in [9.17, 15) is 5.11 Å². The van der Waals surface area contributed by atoms with E-state index in [2.05, 4.69) is 134 Å². The maximum Gasteiger partial charge on any atom is 0 e. The summed E-state index contributed by atoms with van der Waals surface area (Å²) in [6.07, 6.45) is 14.3. The Kier molecular flexibility index (Phi) is 19.2. The fourth-order valence-corrected chi connectivity index (χ4v) is 12.2. The van der Waals surface area contributed by atoms with Crippen molar-refractivity contribution in [3.05, 3.63) is 43.2 Å². The molecule has 9 atom stereocenters. The zero-order chi connectivity index (χ0) is 39.3. The number of fused-ring (bicyclic) bond motifs is 5. The Balaban J connectivity index is 0.00000339. The van der Waals surface area contributed by atoms with Gasteiger partial charge in [-0.2, -0.15) is 0 Å². The minimum Gasteiger partial charge on any atom is 0 e. The second-order valence-corrected chi connectivity index (χ2v) is 29.3. The van der Waals surface area contributed by atoms with Crippen LogP contribution in [0.1, 0.15) is 128 Å². The van der Waals surface area contributed by atoms with E-state index in [1.54, 1.807) is 5.57 Å². The zero-order valence-electron chi connectivity index (χ0n) is 34.8. The van der Waals surface area contributed by atoms with Crippen molar-refractivity contribution in [2.75, 3.05) is 0 Å². The minimum atomic E-state index is -2.01. The molecular weight excluding hydrogens is 712 g/mol. The van der Waals surface area contributed by atoms with Crippen LogP contribution in [0.25, 0.3) is 0 Å². The summed E-state index contributed by atoms with van der Waals surface area (Å²) in [7, 11) is -3.92. The Morgan fingerprint density at radius 2 is 1.37 bits per heavy atom. The van der Waals surface area contributed by atoms with Crippen LogP contribution in [-0.4, -0.2) is 40.1 Å². The molecule has 0 heterocycles. The molecule has 0 aromatic rings. The van der Waals surface area contributed by atoms with Crippen molar-refractivity contribution in [3.63, 3.8) is 0 Å². The van der Waals surface area contributed by atoms with E-state index in [-0.39, 0.29) is 50.2 Å². The molecule has 292 valence electrons. The van der Waals surface area contributed by atoms with E-state index in [0.29, 0.717) is 35.7 Å². The van der Waals surface area contributed by atoms with Gasteiger partial charge >= 0.3 is 33.9 Å². The van der Waals surface area contributed by atoms with E-state index >= 15 is 0 Å². The van der Waals surface area contributed by atoms with Gasteiger partial charge in [-0.25, -0.2) is 0 Å². The van der Waals surface area contributed by atoms with Gasteiger partial charge in [-0.1, -0.05) is 99.5 Å². The number of aliphatic hydroxyl groups is 1. The average Bonchev–Trinajstić information content (AvgIpc) is 3.37. The van der Waals surface area contributed by atoms with Crippen LogP contribution in [0.5, 0.6) is 0 Å². The summed E-state index contributed by atoms with van der Waals surface area (Å²) in [5.41, 5.74) is 3.45. The summed E-state index contributed by atoms with van der Waals surface area (Å²) < 4.78 is 37.5. The van der Waals surface area contributed by atoms with Crippen molar-refractivity contribution in [2.45, 2.75) is 182 Å². The van der Waals surface area contributed by atoms with Gasteiger partial charge in [-0.05, 0) is 122 Å². The first-order valence-corrected chi connectivity index (χ1v) is 24.8. The Labute approximate surface area is 326 Å². The van der Waals surface area contributed by atoms with Crippen LogP contribution in [0, 0.1) is 60.4 Å². The van der Waals surface area contributed by atoms with Crippen LogP contribution < -0.4 is 0 Å². The molecule has 4 aliphatic rings. The fourth-order valence-electron chi connectivity index (χ4n) is 9.38. The maximum absolute atomic E-state index is 10.7. The summed E-state index contributed by atoms with van der Waals surface area (Å²) in [6.45, 7) is 50.2. The van der Waals surface area contributed by atoms with Gasteiger partial charge in [0.15, 0.2) is 16.6 Å². The van der Waals surface area contributed by atoms with Crippen LogP contribution >= 0.6 is 0 Å². The topological polar surface area (TPSA) is 98.4 Å². The average molecular weight is 785 g/mol. The first-order chi connectivity index (χ1) is 22.9. The molecule has 0 bridgehead atoms. The molecule has 6 nitrogen and oxygen atoms in total. The van der Waals surface area contributed by atoms with Crippen LogP contribution in [-0.2, 0) is 39.9 Å². The fraction of sp³-hybridized carbons (Fsp3) is 0.833. The first kappa shape index (κ1) is 50.5. The molecule has 0 saturated heterocycles. The van der Waals surface area contributed by atoms with Gasteiger partial charge in [0.05, 0.1) is 12.2 Å². The second kappa shape index (κ2) is 19.4. The quantitative estimate of drug-likeness (QED) is 0.143. The van der Waals surface area contributed by atoms with Crippen LogP contribution in [0.4, 0.5) is 0 Å². The molecule has 0 spiro atoms. The molecule has 4 rings (SSSR count). The van der Waals surface area contributed by atoms with Crippen LogP contribution in [0.2, 0.25) is 36.3 Å². The summed E-state index contributed by atoms with van der Waals surface area (Å²) in [5, 5.41) is 11.1. The van der Waals surface area contributed by atoms with Gasteiger partial charge in [-0.3, -0.25) is 0 Å². The molecule has 51 heavy (non-hydrogen) atoms. The van der Waals surface area contributed by atoms with Crippen molar-refractivity contribution >= 4 is 16.6 Å².